The van der Waals surface area contributed by atoms with Gasteiger partial charge in [0.05, 0.1) is 12.7 Å². The number of amides is 1. The summed E-state index contributed by atoms with van der Waals surface area (Å²) in [5, 5.41) is 3.55. The third-order valence-corrected chi connectivity index (χ3v) is 6.00. The van der Waals surface area contributed by atoms with Crippen LogP contribution >= 0.6 is 12.4 Å². The molecule has 2 aliphatic heterocycles. The summed E-state index contributed by atoms with van der Waals surface area (Å²) in [5.74, 6) is -1.07. The van der Waals surface area contributed by atoms with Gasteiger partial charge in [0.2, 0.25) is 0 Å². The van der Waals surface area contributed by atoms with Crippen LogP contribution in [0.3, 0.4) is 0 Å². The molecular formula is C22H25ClF2N2O2. The highest BCUT2D eigenvalue weighted by molar-refractivity contribution is 5.95. The standard InChI is InChI=1S/C22H24F2N2O2.ClH/c1-26(16-10-14-4-5-15(11-16)25-14)22(27)19-7-3-13(9-20(19)23)18-8-6-17(28-2)12-21(18)24;/h3,6-9,12,14-16,25H,4-5,10-11H2,1-2H3;1H. The molecule has 0 aromatic heterocycles. The van der Waals surface area contributed by atoms with Gasteiger partial charge < -0.3 is 15.0 Å². The Labute approximate surface area is 175 Å². The van der Waals surface area contributed by atoms with Crippen molar-refractivity contribution in [3.05, 3.63) is 53.6 Å². The van der Waals surface area contributed by atoms with Crippen LogP contribution in [0.1, 0.15) is 36.0 Å². The number of ether oxygens (including phenoxy) is 1. The fourth-order valence-corrected chi connectivity index (χ4v) is 4.41. The molecular weight excluding hydrogens is 398 g/mol. The van der Waals surface area contributed by atoms with Crippen LogP contribution in [0.15, 0.2) is 36.4 Å². The van der Waals surface area contributed by atoms with Gasteiger partial charge in [-0.1, -0.05) is 6.07 Å². The lowest BCUT2D eigenvalue weighted by Gasteiger charge is -2.35. The van der Waals surface area contributed by atoms with E-state index in [-0.39, 0.29) is 35.5 Å². The third kappa shape index (κ3) is 4.23. The van der Waals surface area contributed by atoms with Gasteiger partial charge in [0, 0.05) is 36.8 Å². The topological polar surface area (TPSA) is 41.6 Å². The normalized spacial score (nSPS) is 22.7. The second-order valence-corrected chi connectivity index (χ2v) is 7.72. The molecule has 0 saturated carbocycles. The first-order chi connectivity index (χ1) is 13.5. The first kappa shape index (κ1) is 21.5. The van der Waals surface area contributed by atoms with Crippen molar-refractivity contribution in [1.82, 2.24) is 10.2 Å². The fourth-order valence-electron chi connectivity index (χ4n) is 4.41. The third-order valence-electron chi connectivity index (χ3n) is 6.00. The van der Waals surface area contributed by atoms with Gasteiger partial charge in [0.15, 0.2) is 0 Å². The van der Waals surface area contributed by atoms with Crippen LogP contribution in [0.5, 0.6) is 5.75 Å². The molecule has 4 rings (SSSR count). The maximum Gasteiger partial charge on any atom is 0.256 e. The summed E-state index contributed by atoms with van der Waals surface area (Å²) in [6.07, 6.45) is 4.07. The number of methoxy groups -OCH3 is 1. The summed E-state index contributed by atoms with van der Waals surface area (Å²) in [7, 11) is 3.20. The first-order valence-corrected chi connectivity index (χ1v) is 9.63. The minimum atomic E-state index is -0.638. The molecule has 4 nitrogen and oxygen atoms in total. The maximum absolute atomic E-state index is 14.7. The van der Waals surface area contributed by atoms with E-state index in [0.717, 1.165) is 25.7 Å². The Morgan fingerprint density at radius 2 is 1.76 bits per heavy atom. The molecule has 156 valence electrons. The van der Waals surface area contributed by atoms with Gasteiger partial charge in [-0.05, 0) is 55.5 Å². The number of fused-ring (bicyclic) bond motifs is 2. The minimum absolute atomic E-state index is 0. The molecule has 2 bridgehead atoms. The number of benzene rings is 2. The van der Waals surface area contributed by atoms with Crippen molar-refractivity contribution < 1.29 is 18.3 Å². The maximum atomic E-state index is 14.7. The molecule has 2 aromatic carbocycles. The van der Waals surface area contributed by atoms with E-state index in [1.165, 1.54) is 25.3 Å². The lowest BCUT2D eigenvalue weighted by Crippen LogP contribution is -2.48. The molecule has 2 saturated heterocycles. The molecule has 2 aliphatic rings. The van der Waals surface area contributed by atoms with Crippen LogP contribution < -0.4 is 10.1 Å². The zero-order valence-electron chi connectivity index (χ0n) is 16.5. The van der Waals surface area contributed by atoms with Crippen molar-refractivity contribution in [2.75, 3.05) is 14.2 Å². The van der Waals surface area contributed by atoms with Gasteiger partial charge in [-0.25, -0.2) is 8.78 Å². The van der Waals surface area contributed by atoms with Crippen LogP contribution in [-0.2, 0) is 0 Å². The van der Waals surface area contributed by atoms with Crippen molar-refractivity contribution in [1.29, 1.82) is 0 Å². The number of halogens is 3. The lowest BCUT2D eigenvalue weighted by molar-refractivity contribution is 0.0677. The number of carbonyl (C=O) groups excluding carboxylic acids is 1. The number of rotatable bonds is 4. The predicted octanol–water partition coefficient (Wildman–Crippen LogP) is 4.42. The number of nitrogens with one attached hydrogen (secondary N) is 1. The summed E-state index contributed by atoms with van der Waals surface area (Å²) in [6, 6.07) is 9.68. The Bertz CT molecular complexity index is 896. The monoisotopic (exact) mass is 422 g/mol. The van der Waals surface area contributed by atoms with Gasteiger partial charge in [-0.3, -0.25) is 4.79 Å². The Kier molecular flexibility index (Phi) is 6.44. The van der Waals surface area contributed by atoms with E-state index >= 15 is 0 Å². The van der Waals surface area contributed by atoms with E-state index in [1.54, 1.807) is 30.1 Å². The van der Waals surface area contributed by atoms with Crippen molar-refractivity contribution in [3.63, 3.8) is 0 Å². The number of hydrogen-bond donors (Lipinski definition) is 1. The van der Waals surface area contributed by atoms with E-state index in [2.05, 4.69) is 5.32 Å². The highest BCUT2D eigenvalue weighted by Crippen LogP contribution is 2.31. The average Bonchev–Trinajstić information content (AvgIpc) is 3.04. The largest absolute Gasteiger partial charge is 0.497 e. The Hall–Kier alpha value is -2.18. The molecule has 7 heteroatoms. The number of piperidine rings is 1. The molecule has 29 heavy (non-hydrogen) atoms. The SMILES string of the molecule is COc1ccc(-c2ccc(C(=O)N(C)C3CC4CCC(C3)N4)c(F)c2)c(F)c1.Cl. The van der Waals surface area contributed by atoms with Crippen LogP contribution in [0.25, 0.3) is 11.1 Å². The van der Waals surface area contributed by atoms with Gasteiger partial charge in [-0.15, -0.1) is 12.4 Å². The number of hydrogen-bond acceptors (Lipinski definition) is 3. The molecule has 0 aliphatic carbocycles. The summed E-state index contributed by atoms with van der Waals surface area (Å²) in [5.41, 5.74) is 0.671. The second-order valence-electron chi connectivity index (χ2n) is 7.72. The molecule has 1 N–H and O–H groups in total. The zero-order valence-corrected chi connectivity index (χ0v) is 17.3. The van der Waals surface area contributed by atoms with Gasteiger partial charge in [-0.2, -0.15) is 0 Å². The highest BCUT2D eigenvalue weighted by Gasteiger charge is 2.36. The first-order valence-electron chi connectivity index (χ1n) is 9.63. The molecule has 2 aromatic rings. The van der Waals surface area contributed by atoms with Gasteiger partial charge in [0.1, 0.15) is 17.4 Å². The molecule has 0 spiro atoms. The quantitative estimate of drug-likeness (QED) is 0.793. The number of nitrogens with zero attached hydrogens (tertiary/aromatic N) is 1. The van der Waals surface area contributed by atoms with E-state index in [0.29, 0.717) is 23.4 Å². The molecule has 0 radical (unpaired) electrons. The number of carbonyl (C=O) groups is 1. The van der Waals surface area contributed by atoms with Crippen molar-refractivity contribution >= 4 is 18.3 Å². The summed E-state index contributed by atoms with van der Waals surface area (Å²) in [4.78, 5) is 14.5. The lowest BCUT2D eigenvalue weighted by atomic mass is 9.97. The summed E-state index contributed by atoms with van der Waals surface area (Å²) >= 11 is 0. The fraction of sp³-hybridized carbons (Fsp3) is 0.409. The molecule has 2 heterocycles. The van der Waals surface area contributed by atoms with Gasteiger partial charge >= 0.3 is 0 Å². The summed E-state index contributed by atoms with van der Waals surface area (Å²) < 4.78 is 34.0. The summed E-state index contributed by atoms with van der Waals surface area (Å²) in [6.45, 7) is 0. The molecule has 1 amide bonds. The highest BCUT2D eigenvalue weighted by atomic mass is 35.5. The van der Waals surface area contributed by atoms with E-state index in [9.17, 15) is 13.6 Å². The van der Waals surface area contributed by atoms with Gasteiger partial charge in [0.25, 0.3) is 5.91 Å². The minimum Gasteiger partial charge on any atom is -0.497 e. The van der Waals surface area contributed by atoms with Crippen LogP contribution in [0.4, 0.5) is 8.78 Å². The van der Waals surface area contributed by atoms with Crippen LogP contribution in [0.2, 0.25) is 0 Å². The van der Waals surface area contributed by atoms with Crippen molar-refractivity contribution in [2.45, 2.75) is 43.8 Å². The molecule has 2 unspecified atom stereocenters. The van der Waals surface area contributed by atoms with Crippen LogP contribution in [0, 0.1) is 11.6 Å². The van der Waals surface area contributed by atoms with Crippen molar-refractivity contribution in [3.8, 4) is 16.9 Å². The van der Waals surface area contributed by atoms with Crippen LogP contribution in [-0.4, -0.2) is 43.1 Å². The van der Waals surface area contributed by atoms with E-state index in [4.69, 9.17) is 4.74 Å². The average molecular weight is 423 g/mol. The predicted molar refractivity (Wildman–Crippen MR) is 111 cm³/mol. The van der Waals surface area contributed by atoms with E-state index in [1.807, 2.05) is 0 Å². The zero-order chi connectivity index (χ0) is 19.8. The smallest absolute Gasteiger partial charge is 0.256 e. The Morgan fingerprint density at radius 3 is 2.34 bits per heavy atom. The Balaban J connectivity index is 0.00000240. The second kappa shape index (κ2) is 8.67. The van der Waals surface area contributed by atoms with E-state index < -0.39 is 11.6 Å². The Morgan fingerprint density at radius 1 is 1.07 bits per heavy atom. The molecule has 2 atom stereocenters. The van der Waals surface area contributed by atoms with Crippen molar-refractivity contribution in [2.24, 2.45) is 0 Å². The molecule has 2 fully saturated rings.